The first-order valence-electron chi connectivity index (χ1n) is 5.79. The molecule has 1 heterocycles. The summed E-state index contributed by atoms with van der Waals surface area (Å²) >= 11 is 5.53. The first-order valence-corrected chi connectivity index (χ1v) is 6.17. The largest absolute Gasteiger partial charge is 0.481 e. The van der Waals surface area contributed by atoms with Crippen molar-refractivity contribution >= 4 is 23.3 Å². The van der Waals surface area contributed by atoms with E-state index in [2.05, 4.69) is 10.6 Å². The molecule has 1 aromatic rings. The number of carboxylic acids is 1. The van der Waals surface area contributed by atoms with Crippen LogP contribution in [0.1, 0.15) is 12.0 Å². The molecule has 20 heavy (non-hydrogen) atoms. The zero-order valence-corrected chi connectivity index (χ0v) is 11.0. The molecule has 0 radical (unpaired) electrons. The van der Waals surface area contributed by atoms with Gasteiger partial charge in [0.2, 0.25) is 0 Å². The highest BCUT2D eigenvalue weighted by molar-refractivity contribution is 6.31. The number of anilines is 1. The van der Waals surface area contributed by atoms with E-state index >= 15 is 0 Å². The molecular weight excluding hydrogens is 297 g/mol. The molecule has 1 aromatic carbocycles. The molecule has 2 rings (SSSR count). The minimum atomic E-state index is -4.55. The van der Waals surface area contributed by atoms with Crippen molar-refractivity contribution in [2.24, 2.45) is 0 Å². The van der Waals surface area contributed by atoms with Crippen LogP contribution < -0.4 is 10.6 Å². The summed E-state index contributed by atoms with van der Waals surface area (Å²) in [5, 5.41) is 14.2. The number of halogens is 4. The topological polar surface area (TPSA) is 61.4 Å². The Labute approximate surface area is 117 Å². The molecule has 0 aromatic heterocycles. The Kier molecular flexibility index (Phi) is 3.84. The molecule has 4 nitrogen and oxygen atoms in total. The van der Waals surface area contributed by atoms with E-state index in [1.165, 1.54) is 6.07 Å². The highest BCUT2D eigenvalue weighted by Crippen LogP contribution is 2.37. The van der Waals surface area contributed by atoms with Crippen molar-refractivity contribution < 1.29 is 23.1 Å². The van der Waals surface area contributed by atoms with Gasteiger partial charge in [-0.3, -0.25) is 4.79 Å². The van der Waals surface area contributed by atoms with Crippen LogP contribution in [-0.2, 0) is 11.0 Å². The number of hydrogen-bond acceptors (Lipinski definition) is 3. The van der Waals surface area contributed by atoms with Gasteiger partial charge in [0, 0.05) is 18.8 Å². The lowest BCUT2D eigenvalue weighted by Crippen LogP contribution is -2.65. The molecule has 0 bridgehead atoms. The van der Waals surface area contributed by atoms with Crippen LogP contribution in [0, 0.1) is 0 Å². The molecule has 110 valence electrons. The van der Waals surface area contributed by atoms with Crippen molar-refractivity contribution in [2.75, 3.05) is 18.4 Å². The van der Waals surface area contributed by atoms with Crippen LogP contribution in [0.15, 0.2) is 18.2 Å². The molecule has 1 fully saturated rings. The van der Waals surface area contributed by atoms with Crippen LogP contribution >= 0.6 is 11.6 Å². The summed E-state index contributed by atoms with van der Waals surface area (Å²) in [5.74, 6) is -1.01. The summed E-state index contributed by atoms with van der Waals surface area (Å²) in [6.07, 6.45) is -4.73. The van der Waals surface area contributed by atoms with Gasteiger partial charge in [-0.2, -0.15) is 13.2 Å². The van der Waals surface area contributed by atoms with Gasteiger partial charge in [-0.05, 0) is 18.2 Å². The molecule has 8 heteroatoms. The maximum atomic E-state index is 12.7. The lowest BCUT2D eigenvalue weighted by atomic mass is 9.88. The predicted octanol–water partition coefficient (Wildman–Crippen LogP) is 2.59. The number of carboxylic acid groups (broad SMARTS) is 1. The van der Waals surface area contributed by atoms with Crippen LogP contribution in [0.5, 0.6) is 0 Å². The fourth-order valence-corrected chi connectivity index (χ4v) is 2.32. The van der Waals surface area contributed by atoms with Gasteiger partial charge >= 0.3 is 12.1 Å². The molecule has 1 aliphatic heterocycles. The van der Waals surface area contributed by atoms with E-state index in [1.54, 1.807) is 0 Å². The van der Waals surface area contributed by atoms with Gasteiger partial charge < -0.3 is 15.7 Å². The molecule has 0 spiro atoms. The summed E-state index contributed by atoms with van der Waals surface area (Å²) in [6.45, 7) is 0.757. The number of hydrogen-bond donors (Lipinski definition) is 3. The maximum Gasteiger partial charge on any atom is 0.417 e. The Morgan fingerprint density at radius 3 is 2.55 bits per heavy atom. The lowest BCUT2D eigenvalue weighted by molar-refractivity contribution is -0.139. The first kappa shape index (κ1) is 14.9. The van der Waals surface area contributed by atoms with E-state index in [0.29, 0.717) is 13.1 Å². The molecule has 0 amide bonds. The van der Waals surface area contributed by atoms with Gasteiger partial charge in [-0.25, -0.2) is 0 Å². The number of rotatable bonds is 4. The van der Waals surface area contributed by atoms with Crippen molar-refractivity contribution in [3.8, 4) is 0 Å². The quantitative estimate of drug-likeness (QED) is 0.800. The van der Waals surface area contributed by atoms with Crippen molar-refractivity contribution in [3.63, 3.8) is 0 Å². The normalized spacial score (nSPS) is 17.4. The standard InChI is InChI=1S/C12H12ClF3N2O2/c13-9-2-1-7(3-8(9)12(14,15)16)18-11(4-10(19)20)5-17-6-11/h1-3,17-18H,4-6H2,(H,19,20). The first-order chi connectivity index (χ1) is 9.22. The van der Waals surface area contributed by atoms with Gasteiger partial charge in [0.15, 0.2) is 0 Å². The monoisotopic (exact) mass is 308 g/mol. The third-order valence-corrected chi connectivity index (χ3v) is 3.43. The second kappa shape index (κ2) is 5.14. The fourth-order valence-electron chi connectivity index (χ4n) is 2.10. The minimum absolute atomic E-state index is 0.177. The molecule has 1 aliphatic rings. The highest BCUT2D eigenvalue weighted by Gasteiger charge is 2.40. The summed E-state index contributed by atoms with van der Waals surface area (Å²) in [7, 11) is 0. The Morgan fingerprint density at radius 1 is 1.45 bits per heavy atom. The Bertz CT molecular complexity index is 530. The predicted molar refractivity (Wildman–Crippen MR) is 67.9 cm³/mol. The second-order valence-electron chi connectivity index (χ2n) is 4.77. The van der Waals surface area contributed by atoms with Crippen molar-refractivity contribution in [1.29, 1.82) is 0 Å². The SMILES string of the molecule is O=C(O)CC1(Nc2ccc(Cl)c(C(F)(F)F)c2)CNC1. The molecule has 1 saturated heterocycles. The van der Waals surface area contributed by atoms with Crippen LogP contribution in [-0.4, -0.2) is 29.7 Å². The Morgan fingerprint density at radius 2 is 2.10 bits per heavy atom. The third-order valence-electron chi connectivity index (χ3n) is 3.10. The van der Waals surface area contributed by atoms with E-state index in [9.17, 15) is 18.0 Å². The van der Waals surface area contributed by atoms with E-state index in [-0.39, 0.29) is 17.1 Å². The van der Waals surface area contributed by atoms with Gasteiger partial charge in [-0.1, -0.05) is 11.6 Å². The van der Waals surface area contributed by atoms with Gasteiger partial charge in [-0.15, -0.1) is 0 Å². The average molecular weight is 309 g/mol. The van der Waals surface area contributed by atoms with Crippen molar-refractivity contribution in [1.82, 2.24) is 5.32 Å². The van der Waals surface area contributed by atoms with E-state index in [4.69, 9.17) is 16.7 Å². The van der Waals surface area contributed by atoms with Gasteiger partial charge in [0.25, 0.3) is 0 Å². The maximum absolute atomic E-state index is 12.7. The fraction of sp³-hybridized carbons (Fsp3) is 0.417. The zero-order chi connectivity index (χ0) is 15.0. The summed E-state index contributed by atoms with van der Waals surface area (Å²) in [4.78, 5) is 10.8. The van der Waals surface area contributed by atoms with Crippen molar-refractivity contribution in [3.05, 3.63) is 28.8 Å². The number of nitrogens with one attached hydrogen (secondary N) is 2. The van der Waals surface area contributed by atoms with Crippen LogP contribution in [0.3, 0.4) is 0 Å². The van der Waals surface area contributed by atoms with Crippen molar-refractivity contribution in [2.45, 2.75) is 18.1 Å². The summed E-state index contributed by atoms with van der Waals surface area (Å²) in [6, 6.07) is 3.44. The molecule has 3 N–H and O–H groups in total. The molecule has 0 unspecified atom stereocenters. The number of benzene rings is 1. The van der Waals surface area contributed by atoms with E-state index < -0.39 is 23.2 Å². The number of alkyl halides is 3. The average Bonchev–Trinajstić information content (AvgIpc) is 2.26. The Balaban J connectivity index is 2.23. The summed E-state index contributed by atoms with van der Waals surface area (Å²) in [5.41, 5.74) is -1.51. The van der Waals surface area contributed by atoms with E-state index in [0.717, 1.165) is 12.1 Å². The molecule has 0 aliphatic carbocycles. The molecular formula is C12H12ClF3N2O2. The summed E-state index contributed by atoms with van der Waals surface area (Å²) < 4.78 is 38.2. The number of carbonyl (C=O) groups is 1. The highest BCUT2D eigenvalue weighted by atomic mass is 35.5. The van der Waals surface area contributed by atoms with Gasteiger partial charge in [0.05, 0.1) is 22.5 Å². The third kappa shape index (κ3) is 3.16. The van der Waals surface area contributed by atoms with Crippen LogP contribution in [0.2, 0.25) is 5.02 Å². The second-order valence-corrected chi connectivity index (χ2v) is 5.18. The smallest absolute Gasteiger partial charge is 0.417 e. The number of aliphatic carboxylic acids is 1. The molecule has 0 atom stereocenters. The van der Waals surface area contributed by atoms with Crippen LogP contribution in [0.25, 0.3) is 0 Å². The Hall–Kier alpha value is -1.47. The molecule has 0 saturated carbocycles. The van der Waals surface area contributed by atoms with Gasteiger partial charge in [0.1, 0.15) is 0 Å². The lowest BCUT2D eigenvalue weighted by Gasteiger charge is -2.43. The zero-order valence-electron chi connectivity index (χ0n) is 10.2. The van der Waals surface area contributed by atoms with E-state index in [1.807, 2.05) is 0 Å². The minimum Gasteiger partial charge on any atom is -0.481 e. The van der Waals surface area contributed by atoms with Crippen LogP contribution in [0.4, 0.5) is 18.9 Å².